The minimum Gasteiger partial charge on any atom is -0.392 e. The lowest BCUT2D eigenvalue weighted by Gasteiger charge is -2.18. The molecule has 0 fully saturated rings. The lowest BCUT2D eigenvalue weighted by molar-refractivity contribution is 0.101. The highest BCUT2D eigenvalue weighted by Crippen LogP contribution is 2.28. The van der Waals surface area contributed by atoms with Gasteiger partial charge >= 0.3 is 0 Å². The maximum atomic E-state index is 13.4. The number of nitrogens with zero attached hydrogens (tertiary/aromatic N) is 1. The van der Waals surface area contributed by atoms with Crippen LogP contribution >= 0.6 is 0 Å². The van der Waals surface area contributed by atoms with Crippen molar-refractivity contribution in [2.75, 3.05) is 5.32 Å². The van der Waals surface area contributed by atoms with Crippen molar-refractivity contribution >= 4 is 21.6 Å². The fourth-order valence-electron chi connectivity index (χ4n) is 3.29. The monoisotopic (exact) mass is 395 g/mol. The van der Waals surface area contributed by atoms with Crippen molar-refractivity contribution in [3.63, 3.8) is 0 Å². The molecule has 9 heteroatoms. The van der Waals surface area contributed by atoms with Gasteiger partial charge in [-0.25, -0.2) is 17.5 Å². The Labute approximate surface area is 157 Å². The second-order valence-corrected chi connectivity index (χ2v) is 8.54. The number of nitrogens with one attached hydrogen (secondary N) is 2. The highest BCUT2D eigenvalue weighted by Gasteiger charge is 2.34. The average Bonchev–Trinajstić information content (AvgIpc) is 2.85. The molecule has 1 aromatic carbocycles. The van der Waals surface area contributed by atoms with E-state index < -0.39 is 28.1 Å². The van der Waals surface area contributed by atoms with E-state index in [2.05, 4.69) is 10.0 Å². The van der Waals surface area contributed by atoms with Gasteiger partial charge in [-0.05, 0) is 50.5 Å². The number of aromatic nitrogens is 1. The number of hydrogen-bond acceptors (Lipinski definition) is 4. The van der Waals surface area contributed by atoms with E-state index >= 15 is 0 Å². The van der Waals surface area contributed by atoms with E-state index in [1.54, 1.807) is 14.0 Å². The number of amides is 1. The number of anilines is 1. The van der Waals surface area contributed by atoms with Gasteiger partial charge < -0.3 is 15.0 Å². The number of carbonyl (C=O) groups is 1. The summed E-state index contributed by atoms with van der Waals surface area (Å²) >= 11 is 0. The van der Waals surface area contributed by atoms with Crippen LogP contribution in [0.4, 0.5) is 10.1 Å². The summed E-state index contributed by atoms with van der Waals surface area (Å²) in [7, 11) is -2.26. The predicted octanol–water partition coefficient (Wildman–Crippen LogP) is 1.70. The third-order valence-corrected chi connectivity index (χ3v) is 6.31. The van der Waals surface area contributed by atoms with Crippen LogP contribution in [0.1, 0.15) is 35.0 Å². The number of rotatable bonds is 3. The second kappa shape index (κ2) is 7.06. The molecule has 0 saturated heterocycles. The Balaban J connectivity index is 1.97. The van der Waals surface area contributed by atoms with Gasteiger partial charge in [-0.15, -0.1) is 0 Å². The van der Waals surface area contributed by atoms with Crippen molar-refractivity contribution < 1.29 is 22.7 Å². The van der Waals surface area contributed by atoms with Crippen molar-refractivity contribution in [2.45, 2.75) is 43.7 Å². The molecule has 3 N–H and O–H groups in total. The summed E-state index contributed by atoms with van der Waals surface area (Å²) in [6, 6.07) is 3.60. The van der Waals surface area contributed by atoms with Gasteiger partial charge in [0.2, 0.25) is 10.0 Å². The van der Waals surface area contributed by atoms with E-state index in [9.17, 15) is 22.7 Å². The van der Waals surface area contributed by atoms with E-state index in [4.69, 9.17) is 0 Å². The van der Waals surface area contributed by atoms with Crippen molar-refractivity contribution in [1.29, 1.82) is 0 Å². The van der Waals surface area contributed by atoms with Crippen LogP contribution in [0.25, 0.3) is 0 Å². The summed E-state index contributed by atoms with van der Waals surface area (Å²) in [6.07, 6.45) is 1.23. The maximum Gasteiger partial charge on any atom is 0.272 e. The smallest absolute Gasteiger partial charge is 0.272 e. The minimum absolute atomic E-state index is 0.0357. The predicted molar refractivity (Wildman–Crippen MR) is 98.6 cm³/mol. The summed E-state index contributed by atoms with van der Waals surface area (Å²) in [5.74, 6) is -0.850. The first-order valence-electron chi connectivity index (χ1n) is 8.56. The molecular weight excluding hydrogens is 373 g/mol. The SMILES string of the molecule is Cc1cc(NC(=O)c2c3c(cn2C)S(=O)(=O)NC([C@H](C)O)CC3)ccc1F. The summed E-state index contributed by atoms with van der Waals surface area (Å²) < 4.78 is 42.6. The molecule has 0 bridgehead atoms. The van der Waals surface area contributed by atoms with Gasteiger partial charge in [0.25, 0.3) is 5.91 Å². The zero-order valence-corrected chi connectivity index (χ0v) is 16.1. The van der Waals surface area contributed by atoms with E-state index in [0.29, 0.717) is 29.7 Å². The molecule has 7 nitrogen and oxygen atoms in total. The van der Waals surface area contributed by atoms with Crippen molar-refractivity contribution in [2.24, 2.45) is 7.05 Å². The number of benzene rings is 1. The maximum absolute atomic E-state index is 13.4. The number of carbonyl (C=O) groups excluding carboxylic acids is 1. The van der Waals surface area contributed by atoms with Crippen LogP contribution < -0.4 is 10.0 Å². The molecule has 0 saturated carbocycles. The molecule has 27 heavy (non-hydrogen) atoms. The van der Waals surface area contributed by atoms with Gasteiger partial charge in [0.05, 0.1) is 6.10 Å². The van der Waals surface area contributed by atoms with Gasteiger partial charge in [-0.3, -0.25) is 4.79 Å². The summed E-state index contributed by atoms with van der Waals surface area (Å²) in [4.78, 5) is 12.8. The van der Waals surface area contributed by atoms with Crippen molar-refractivity contribution in [3.05, 3.63) is 47.0 Å². The van der Waals surface area contributed by atoms with Gasteiger partial charge in [-0.2, -0.15) is 0 Å². The van der Waals surface area contributed by atoms with Crippen LogP contribution in [0.3, 0.4) is 0 Å². The third-order valence-electron chi connectivity index (χ3n) is 4.76. The first-order valence-corrected chi connectivity index (χ1v) is 10.0. The molecule has 0 aliphatic carbocycles. The minimum atomic E-state index is -3.85. The zero-order chi connectivity index (χ0) is 19.9. The normalized spacial score (nSPS) is 19.8. The molecule has 2 atom stereocenters. The second-order valence-electron chi connectivity index (χ2n) is 6.86. The van der Waals surface area contributed by atoms with Gasteiger partial charge in [0.1, 0.15) is 16.4 Å². The lowest BCUT2D eigenvalue weighted by atomic mass is 10.0. The van der Waals surface area contributed by atoms with Gasteiger partial charge in [-0.1, -0.05) is 0 Å². The fraction of sp³-hybridized carbons (Fsp3) is 0.389. The Morgan fingerprint density at radius 1 is 1.44 bits per heavy atom. The topological polar surface area (TPSA) is 100 Å². The van der Waals surface area contributed by atoms with E-state index in [1.807, 2.05) is 0 Å². The van der Waals surface area contributed by atoms with Crippen molar-refractivity contribution in [1.82, 2.24) is 9.29 Å². The van der Waals surface area contributed by atoms with Crippen LogP contribution in [0.2, 0.25) is 0 Å². The highest BCUT2D eigenvalue weighted by molar-refractivity contribution is 7.89. The number of fused-ring (bicyclic) bond motifs is 1. The molecule has 146 valence electrons. The Morgan fingerprint density at radius 3 is 2.78 bits per heavy atom. The molecule has 1 aliphatic rings. The van der Waals surface area contributed by atoms with Crippen LogP contribution in [-0.2, 0) is 23.5 Å². The largest absolute Gasteiger partial charge is 0.392 e. The number of aliphatic hydroxyl groups is 1. The lowest BCUT2D eigenvalue weighted by Crippen LogP contribution is -2.40. The molecule has 2 heterocycles. The van der Waals surface area contributed by atoms with E-state index in [0.717, 1.165) is 0 Å². The van der Waals surface area contributed by atoms with Crippen molar-refractivity contribution in [3.8, 4) is 0 Å². The Bertz CT molecular complexity index is 998. The number of halogens is 1. The average molecular weight is 395 g/mol. The van der Waals surface area contributed by atoms with Gasteiger partial charge in [0, 0.05) is 30.5 Å². The molecule has 1 aromatic heterocycles. The summed E-state index contributed by atoms with van der Waals surface area (Å²) in [5.41, 5.74) is 1.45. The number of aliphatic hydroxyl groups excluding tert-OH is 1. The fourth-order valence-corrected chi connectivity index (χ4v) is 4.95. The first kappa shape index (κ1) is 19.5. The Hall–Kier alpha value is -2.23. The molecule has 0 spiro atoms. The molecular formula is C18H22FN3O4S. The highest BCUT2D eigenvalue weighted by atomic mass is 32.2. The van der Waals surface area contributed by atoms with Crippen LogP contribution in [0.5, 0.6) is 0 Å². The quantitative estimate of drug-likeness (QED) is 0.736. The molecule has 2 aromatic rings. The van der Waals surface area contributed by atoms with Crippen LogP contribution in [0.15, 0.2) is 29.3 Å². The summed E-state index contributed by atoms with van der Waals surface area (Å²) in [5, 5.41) is 12.5. The van der Waals surface area contributed by atoms with E-state index in [1.165, 1.54) is 35.9 Å². The zero-order valence-electron chi connectivity index (χ0n) is 15.3. The molecule has 0 radical (unpaired) electrons. The molecule has 1 aliphatic heterocycles. The van der Waals surface area contributed by atoms with Crippen LogP contribution in [0, 0.1) is 12.7 Å². The first-order chi connectivity index (χ1) is 12.6. The molecule has 1 unspecified atom stereocenters. The van der Waals surface area contributed by atoms with Gasteiger partial charge in [0.15, 0.2) is 0 Å². The number of aryl methyl sites for hydroxylation is 2. The summed E-state index contributed by atoms with van der Waals surface area (Å²) in [6.45, 7) is 3.11. The number of hydrogen-bond donors (Lipinski definition) is 3. The Morgan fingerprint density at radius 2 is 2.15 bits per heavy atom. The standard InChI is InChI=1S/C18H22FN3O4S/c1-10-8-12(4-6-14(10)19)20-18(24)17-13-5-7-15(11(2)23)21-27(25,26)16(13)9-22(17)3/h4,6,8-9,11,15,21,23H,5,7H2,1-3H3,(H,20,24)/t11-,15?/m0/s1. The Kier molecular flexibility index (Phi) is 5.11. The third kappa shape index (κ3) is 3.76. The van der Waals surface area contributed by atoms with E-state index in [-0.39, 0.29) is 16.4 Å². The molecule has 1 amide bonds. The molecule has 3 rings (SSSR count). The number of sulfonamides is 1. The van der Waals surface area contributed by atoms with Crippen LogP contribution in [-0.4, -0.2) is 36.1 Å².